The lowest BCUT2D eigenvalue weighted by Gasteiger charge is -2.14. The SMILES string of the molecule is CC(CNC(=O)C(C)NS(=O)(=O)c1cccs1)C(=O)O. The Labute approximate surface area is 121 Å². The fraction of sp³-hybridized carbons (Fsp3) is 0.455. The molecule has 1 aromatic rings. The van der Waals surface area contributed by atoms with Crippen LogP contribution in [0, 0.1) is 5.92 Å². The molecule has 0 fully saturated rings. The number of hydrogen-bond acceptors (Lipinski definition) is 5. The molecule has 0 aliphatic rings. The first-order valence-corrected chi connectivity index (χ1v) is 8.16. The van der Waals surface area contributed by atoms with Crippen LogP contribution >= 0.6 is 11.3 Å². The normalized spacial score (nSPS) is 14.5. The molecule has 2 atom stereocenters. The molecule has 3 N–H and O–H groups in total. The van der Waals surface area contributed by atoms with Gasteiger partial charge in [0.15, 0.2) is 0 Å². The third-order valence-corrected chi connectivity index (χ3v) is 5.43. The van der Waals surface area contributed by atoms with Crippen molar-refractivity contribution in [3.05, 3.63) is 17.5 Å². The van der Waals surface area contributed by atoms with E-state index in [9.17, 15) is 18.0 Å². The van der Waals surface area contributed by atoms with Gasteiger partial charge in [-0.15, -0.1) is 11.3 Å². The van der Waals surface area contributed by atoms with E-state index >= 15 is 0 Å². The zero-order valence-electron chi connectivity index (χ0n) is 11.0. The molecule has 20 heavy (non-hydrogen) atoms. The second kappa shape index (κ2) is 6.82. The Bertz CT molecular complexity index is 568. The Morgan fingerprint density at radius 3 is 2.55 bits per heavy atom. The van der Waals surface area contributed by atoms with Crippen LogP contribution in [0.4, 0.5) is 0 Å². The molecule has 2 unspecified atom stereocenters. The van der Waals surface area contributed by atoms with Gasteiger partial charge in [-0.3, -0.25) is 9.59 Å². The molecule has 0 saturated heterocycles. The summed E-state index contributed by atoms with van der Waals surface area (Å²) in [4.78, 5) is 22.3. The van der Waals surface area contributed by atoms with Gasteiger partial charge >= 0.3 is 5.97 Å². The van der Waals surface area contributed by atoms with Crippen LogP contribution in [0.15, 0.2) is 21.7 Å². The van der Waals surface area contributed by atoms with E-state index in [1.165, 1.54) is 19.9 Å². The Morgan fingerprint density at radius 2 is 2.05 bits per heavy atom. The Hall–Kier alpha value is -1.45. The van der Waals surface area contributed by atoms with E-state index in [-0.39, 0.29) is 10.8 Å². The average Bonchev–Trinajstić information content (AvgIpc) is 2.89. The average molecular weight is 320 g/mol. The highest BCUT2D eigenvalue weighted by Crippen LogP contribution is 2.15. The summed E-state index contributed by atoms with van der Waals surface area (Å²) in [5, 5.41) is 12.7. The van der Waals surface area contributed by atoms with Gasteiger partial charge in [-0.2, -0.15) is 4.72 Å². The summed E-state index contributed by atoms with van der Waals surface area (Å²) < 4.78 is 26.1. The van der Waals surface area contributed by atoms with E-state index < -0.39 is 33.9 Å². The first kappa shape index (κ1) is 16.6. The summed E-state index contributed by atoms with van der Waals surface area (Å²) in [6.07, 6.45) is 0. The van der Waals surface area contributed by atoms with E-state index in [1.807, 2.05) is 0 Å². The first-order chi connectivity index (χ1) is 9.24. The molecule has 7 nitrogen and oxygen atoms in total. The fourth-order valence-corrected chi connectivity index (χ4v) is 3.47. The predicted molar refractivity (Wildman–Crippen MR) is 73.9 cm³/mol. The number of rotatable bonds is 7. The molecule has 0 aliphatic heterocycles. The largest absolute Gasteiger partial charge is 0.481 e. The number of carbonyl (C=O) groups excluding carboxylic acids is 1. The number of aliphatic carboxylic acids is 1. The molecule has 1 aromatic heterocycles. The third kappa shape index (κ3) is 4.58. The molecule has 0 radical (unpaired) electrons. The van der Waals surface area contributed by atoms with Gasteiger partial charge in [0.1, 0.15) is 4.21 Å². The number of nitrogens with one attached hydrogen (secondary N) is 2. The number of thiophene rings is 1. The van der Waals surface area contributed by atoms with Crippen LogP contribution < -0.4 is 10.0 Å². The molecule has 0 aliphatic carbocycles. The van der Waals surface area contributed by atoms with E-state index in [0.717, 1.165) is 11.3 Å². The topological polar surface area (TPSA) is 113 Å². The summed E-state index contributed by atoms with van der Waals surface area (Å²) in [5.41, 5.74) is 0. The van der Waals surface area contributed by atoms with Gasteiger partial charge in [0, 0.05) is 6.54 Å². The van der Waals surface area contributed by atoms with Gasteiger partial charge in [-0.05, 0) is 18.4 Å². The number of hydrogen-bond donors (Lipinski definition) is 3. The minimum absolute atomic E-state index is 0.0563. The zero-order valence-corrected chi connectivity index (χ0v) is 12.6. The van der Waals surface area contributed by atoms with Gasteiger partial charge in [-0.25, -0.2) is 8.42 Å². The summed E-state index contributed by atoms with van der Waals surface area (Å²) in [7, 11) is -3.72. The Balaban J connectivity index is 2.56. The summed E-state index contributed by atoms with van der Waals surface area (Å²) in [6, 6.07) is 2.05. The molecule has 0 bridgehead atoms. The maximum Gasteiger partial charge on any atom is 0.308 e. The lowest BCUT2D eigenvalue weighted by atomic mass is 10.2. The third-order valence-electron chi connectivity index (χ3n) is 2.49. The molecular formula is C11H16N2O5S2. The van der Waals surface area contributed by atoms with Crippen LogP contribution in [0.5, 0.6) is 0 Å². The minimum atomic E-state index is -3.72. The highest BCUT2D eigenvalue weighted by molar-refractivity contribution is 7.91. The summed E-state index contributed by atoms with van der Waals surface area (Å²) in [5.74, 6) is -2.34. The molecule has 9 heteroatoms. The lowest BCUT2D eigenvalue weighted by Crippen LogP contribution is -2.46. The molecule has 0 aromatic carbocycles. The maximum absolute atomic E-state index is 11.9. The smallest absolute Gasteiger partial charge is 0.308 e. The number of amides is 1. The number of carbonyl (C=O) groups is 2. The number of carboxylic acids is 1. The standard InChI is InChI=1S/C11H16N2O5S2/c1-7(11(15)16)6-12-10(14)8(2)13-20(17,18)9-4-3-5-19-9/h3-5,7-8,13H,6H2,1-2H3,(H,12,14)(H,15,16). The predicted octanol–water partition coefficient (Wildman–Crippen LogP) is 0.252. The van der Waals surface area contributed by atoms with Crippen molar-refractivity contribution in [1.82, 2.24) is 10.0 Å². The number of sulfonamides is 1. The fourth-order valence-electron chi connectivity index (χ4n) is 1.25. The van der Waals surface area contributed by atoms with E-state index in [1.54, 1.807) is 11.4 Å². The maximum atomic E-state index is 11.9. The van der Waals surface area contributed by atoms with Crippen LogP contribution in [0.1, 0.15) is 13.8 Å². The van der Waals surface area contributed by atoms with Gasteiger partial charge in [0.05, 0.1) is 12.0 Å². The van der Waals surface area contributed by atoms with Crippen molar-refractivity contribution in [1.29, 1.82) is 0 Å². The van der Waals surface area contributed by atoms with Crippen LogP contribution in [0.2, 0.25) is 0 Å². The van der Waals surface area contributed by atoms with Gasteiger partial charge < -0.3 is 10.4 Å². The summed E-state index contributed by atoms with van der Waals surface area (Å²) >= 11 is 1.05. The van der Waals surface area contributed by atoms with E-state index in [0.29, 0.717) is 0 Å². The molecule has 0 spiro atoms. The quantitative estimate of drug-likeness (QED) is 0.667. The van der Waals surface area contributed by atoms with Gasteiger partial charge in [-0.1, -0.05) is 13.0 Å². The Morgan fingerprint density at radius 1 is 1.40 bits per heavy atom. The van der Waals surface area contributed by atoms with E-state index in [2.05, 4.69) is 10.0 Å². The van der Waals surface area contributed by atoms with Crippen molar-refractivity contribution in [3.8, 4) is 0 Å². The molecule has 1 heterocycles. The Kier molecular flexibility index (Phi) is 5.66. The highest BCUT2D eigenvalue weighted by atomic mass is 32.2. The van der Waals surface area contributed by atoms with Crippen LogP contribution in [0.3, 0.4) is 0 Å². The monoisotopic (exact) mass is 320 g/mol. The van der Waals surface area contributed by atoms with Crippen molar-refractivity contribution < 1.29 is 23.1 Å². The van der Waals surface area contributed by atoms with Crippen LogP contribution in [0.25, 0.3) is 0 Å². The second-order valence-corrected chi connectivity index (χ2v) is 7.15. The summed E-state index contributed by atoms with van der Waals surface area (Å²) in [6.45, 7) is 2.79. The molecule has 112 valence electrons. The van der Waals surface area contributed by atoms with Crippen molar-refractivity contribution in [2.45, 2.75) is 24.1 Å². The first-order valence-electron chi connectivity index (χ1n) is 5.80. The number of carboxylic acid groups (broad SMARTS) is 1. The molecule has 0 saturated carbocycles. The van der Waals surface area contributed by atoms with Crippen LogP contribution in [-0.2, 0) is 19.6 Å². The molecule has 1 amide bonds. The van der Waals surface area contributed by atoms with Crippen molar-refractivity contribution in [3.63, 3.8) is 0 Å². The van der Waals surface area contributed by atoms with Crippen molar-refractivity contribution in [2.24, 2.45) is 5.92 Å². The van der Waals surface area contributed by atoms with Gasteiger partial charge in [0.2, 0.25) is 5.91 Å². The second-order valence-electron chi connectivity index (χ2n) is 4.26. The van der Waals surface area contributed by atoms with Crippen molar-refractivity contribution >= 4 is 33.2 Å². The van der Waals surface area contributed by atoms with E-state index in [4.69, 9.17) is 5.11 Å². The lowest BCUT2D eigenvalue weighted by molar-refractivity contribution is -0.141. The van der Waals surface area contributed by atoms with Crippen LogP contribution in [-0.4, -0.2) is 38.0 Å². The minimum Gasteiger partial charge on any atom is -0.481 e. The molecule has 1 rings (SSSR count). The van der Waals surface area contributed by atoms with Crippen molar-refractivity contribution in [2.75, 3.05) is 6.54 Å². The molecular weight excluding hydrogens is 304 g/mol. The highest BCUT2D eigenvalue weighted by Gasteiger charge is 2.23. The van der Waals surface area contributed by atoms with Gasteiger partial charge in [0.25, 0.3) is 10.0 Å². The zero-order chi connectivity index (χ0) is 15.3.